The number of hydrogen-bond donors (Lipinski definition) is 13. The van der Waals surface area contributed by atoms with Crippen molar-refractivity contribution in [2.24, 2.45) is 0 Å². The summed E-state index contributed by atoms with van der Waals surface area (Å²) >= 11 is 0. The molecule has 13 N–H and O–H groups in total. The molecule has 4 rings (SSSR count). The minimum Gasteiger partial charge on any atom is -0.394 e. The Bertz CT molecular complexity index is 1120. The van der Waals surface area contributed by atoms with Crippen LogP contribution in [0.25, 0.3) is 0 Å². The molecule has 20 atom stereocenters. The highest BCUT2D eigenvalue weighted by Crippen LogP contribution is 2.32. The van der Waals surface area contributed by atoms with Crippen LogP contribution in [0.5, 0.6) is 0 Å². The van der Waals surface area contributed by atoms with Crippen molar-refractivity contribution < 1.29 is 98.9 Å². The zero-order valence-electron chi connectivity index (χ0n) is 27.3. The summed E-state index contributed by atoms with van der Waals surface area (Å²) in [7, 11) is 0. The Morgan fingerprint density at radius 1 is 0.560 bits per heavy atom. The average Bonchev–Trinajstić information content (AvgIpc) is 3.06. The molecule has 0 aliphatic carbocycles. The lowest BCUT2D eigenvalue weighted by molar-refractivity contribution is -0.352. The first-order valence-electron chi connectivity index (χ1n) is 15.9. The van der Waals surface area contributed by atoms with E-state index in [1.165, 1.54) is 6.92 Å². The van der Waals surface area contributed by atoms with Gasteiger partial charge in [0.2, 0.25) is 11.8 Å². The summed E-state index contributed by atoms with van der Waals surface area (Å²) in [6, 6.07) is -2.94. The van der Waals surface area contributed by atoms with Gasteiger partial charge in [-0.25, -0.2) is 0 Å². The first kappa shape index (κ1) is 41.0. The largest absolute Gasteiger partial charge is 0.394 e. The van der Waals surface area contributed by atoms with Crippen LogP contribution in [-0.2, 0) is 42.7 Å². The molecule has 1 unspecified atom stereocenters. The fourth-order valence-corrected chi connectivity index (χ4v) is 6.19. The van der Waals surface area contributed by atoms with Crippen LogP contribution in [0.4, 0.5) is 0 Å². The van der Waals surface area contributed by atoms with Crippen molar-refractivity contribution >= 4 is 11.8 Å². The molecule has 0 aromatic carbocycles. The lowest BCUT2D eigenvalue weighted by atomic mass is 9.94. The average molecular weight is 733 g/mol. The maximum absolute atomic E-state index is 12.2. The number of ether oxygens (including phenoxy) is 7. The predicted molar refractivity (Wildman–Crippen MR) is 156 cm³/mol. The maximum Gasteiger partial charge on any atom is 0.217 e. The third-order valence-corrected chi connectivity index (χ3v) is 8.95. The quantitative estimate of drug-likeness (QED) is 0.0938. The number of nitrogens with one attached hydrogen (secondary N) is 2. The fourth-order valence-electron chi connectivity index (χ4n) is 6.19. The van der Waals surface area contributed by atoms with Crippen molar-refractivity contribution in [3.63, 3.8) is 0 Å². The normalized spacial score (nSPS) is 48.5. The highest BCUT2D eigenvalue weighted by Gasteiger charge is 2.54. The van der Waals surface area contributed by atoms with Crippen LogP contribution in [0.15, 0.2) is 0 Å². The van der Waals surface area contributed by atoms with Crippen molar-refractivity contribution in [2.75, 3.05) is 19.8 Å². The maximum atomic E-state index is 12.2. The van der Waals surface area contributed by atoms with Crippen molar-refractivity contribution in [3.8, 4) is 0 Å². The van der Waals surface area contributed by atoms with Gasteiger partial charge in [0.05, 0.1) is 25.9 Å². The number of rotatable bonds is 11. The number of aliphatic hydroxyl groups excluding tert-OH is 11. The van der Waals surface area contributed by atoms with Crippen molar-refractivity contribution in [1.29, 1.82) is 0 Å². The van der Waals surface area contributed by atoms with Gasteiger partial charge in [-0.05, 0) is 6.92 Å². The van der Waals surface area contributed by atoms with E-state index in [-0.39, 0.29) is 0 Å². The molecule has 2 amide bonds. The number of carbonyl (C=O) groups excluding carboxylic acids is 2. The van der Waals surface area contributed by atoms with Crippen molar-refractivity contribution in [1.82, 2.24) is 10.6 Å². The molecule has 4 saturated heterocycles. The van der Waals surface area contributed by atoms with Gasteiger partial charge in [-0.2, -0.15) is 0 Å². The van der Waals surface area contributed by atoms with Gasteiger partial charge in [-0.3, -0.25) is 9.59 Å². The zero-order valence-corrected chi connectivity index (χ0v) is 27.3. The second kappa shape index (κ2) is 17.4. The molecule has 22 nitrogen and oxygen atoms in total. The molecule has 22 heteroatoms. The minimum absolute atomic E-state index is 0.681. The highest BCUT2D eigenvalue weighted by molar-refractivity contribution is 5.73. The molecule has 4 fully saturated rings. The smallest absolute Gasteiger partial charge is 0.217 e. The van der Waals surface area contributed by atoms with Gasteiger partial charge in [0.25, 0.3) is 0 Å². The lowest BCUT2D eigenvalue weighted by Crippen LogP contribution is -2.69. The summed E-state index contributed by atoms with van der Waals surface area (Å²) in [6.45, 7) is 1.29. The molecule has 0 aromatic heterocycles. The van der Waals surface area contributed by atoms with Gasteiger partial charge in [-0.15, -0.1) is 0 Å². The topological polar surface area (TPSA) is 345 Å². The Hall–Kier alpha value is -1.78. The Kier molecular flexibility index (Phi) is 14.2. The summed E-state index contributed by atoms with van der Waals surface area (Å²) < 4.78 is 39.3. The molecule has 290 valence electrons. The molecule has 4 aliphatic rings. The number of amides is 2. The minimum atomic E-state index is -1.92. The molecule has 0 aromatic rings. The molecule has 4 aliphatic heterocycles. The number of aliphatic hydroxyl groups is 11. The van der Waals surface area contributed by atoms with E-state index in [4.69, 9.17) is 33.2 Å². The van der Waals surface area contributed by atoms with Crippen LogP contribution in [0, 0.1) is 0 Å². The Morgan fingerprint density at radius 2 is 1.02 bits per heavy atom. The highest BCUT2D eigenvalue weighted by atomic mass is 16.7. The lowest BCUT2D eigenvalue weighted by Gasteiger charge is -2.48. The van der Waals surface area contributed by atoms with E-state index >= 15 is 0 Å². The van der Waals surface area contributed by atoms with Crippen LogP contribution >= 0.6 is 0 Å². The van der Waals surface area contributed by atoms with Crippen LogP contribution in [0.3, 0.4) is 0 Å². The number of hydrogen-bond acceptors (Lipinski definition) is 20. The van der Waals surface area contributed by atoms with E-state index in [0.717, 1.165) is 13.8 Å². The second-order valence-electron chi connectivity index (χ2n) is 12.6. The first-order chi connectivity index (χ1) is 23.5. The summed E-state index contributed by atoms with van der Waals surface area (Å²) in [5.74, 6) is -1.38. The van der Waals surface area contributed by atoms with Gasteiger partial charge >= 0.3 is 0 Å². The Morgan fingerprint density at radius 3 is 1.58 bits per heavy atom. The van der Waals surface area contributed by atoms with E-state index in [1.807, 2.05) is 0 Å². The molecular weight excluding hydrogens is 684 g/mol. The SMILES string of the molecule is CC(=O)N[C@H]1[C@H](OC[C@H]2OC(O)[C@H](NC(C)=O)[C@@H](O[C@@H]3O[C@H](CO)[C@H](O)[C@H](O)[C@H]3O)[C@H]2O)O[C@H](CO)[C@@H](O)[C@@H]1O[C@@H]1O[C@@H](C)[C@@H](O)[C@@H](O)[C@@H]1O. The summed E-state index contributed by atoms with van der Waals surface area (Å²) in [4.78, 5) is 24.2. The van der Waals surface area contributed by atoms with Crippen molar-refractivity contribution in [2.45, 2.75) is 143 Å². The van der Waals surface area contributed by atoms with E-state index in [2.05, 4.69) is 10.6 Å². The molecule has 0 bridgehead atoms. The first-order valence-corrected chi connectivity index (χ1v) is 15.9. The van der Waals surface area contributed by atoms with Gasteiger partial charge in [-0.1, -0.05) is 0 Å². The van der Waals surface area contributed by atoms with E-state index in [1.54, 1.807) is 0 Å². The standard InChI is InChI=1S/C28H48N2O20/c1-7-15(35)19(39)21(41)27(45-7)50-24-14(30-9(3)34)26(47-11(5-32)17(24)37)44-6-12-18(38)23(13(25(43)46-12)29-8(2)33)49-28-22(42)20(40)16(36)10(4-31)48-28/h7,10-28,31-32,35-43H,4-6H2,1-3H3,(H,29,33)(H,30,34)/t7-,10+,11+,12+,13+,14+,15+,16-,17+,18-,19+,20-,21-,22+,23+,24+,25?,26+,27-,28-/m0/s1. The van der Waals surface area contributed by atoms with Crippen LogP contribution in [0.1, 0.15) is 20.8 Å². The van der Waals surface area contributed by atoms with E-state index in [9.17, 15) is 65.8 Å². The third kappa shape index (κ3) is 8.87. The monoisotopic (exact) mass is 732 g/mol. The predicted octanol–water partition coefficient (Wildman–Crippen LogP) is -8.43. The van der Waals surface area contributed by atoms with E-state index in [0.29, 0.717) is 0 Å². The Balaban J connectivity index is 1.55. The fraction of sp³-hybridized carbons (Fsp3) is 0.929. The third-order valence-electron chi connectivity index (χ3n) is 8.95. The van der Waals surface area contributed by atoms with Crippen LogP contribution < -0.4 is 10.6 Å². The molecular formula is C28H48N2O20. The van der Waals surface area contributed by atoms with Crippen LogP contribution in [-0.4, -0.2) is 211 Å². The molecule has 0 saturated carbocycles. The zero-order chi connectivity index (χ0) is 37.2. The van der Waals surface area contributed by atoms with Crippen LogP contribution in [0.2, 0.25) is 0 Å². The molecule has 0 spiro atoms. The molecule has 4 heterocycles. The van der Waals surface area contributed by atoms with Gasteiger partial charge in [0, 0.05) is 13.8 Å². The van der Waals surface area contributed by atoms with Gasteiger partial charge < -0.3 is 100.0 Å². The summed E-state index contributed by atoms with van der Waals surface area (Å²) in [6.07, 6.45) is -29.6. The molecule has 0 radical (unpaired) electrons. The Labute approximate surface area is 285 Å². The molecule has 50 heavy (non-hydrogen) atoms. The van der Waals surface area contributed by atoms with Gasteiger partial charge in [0.15, 0.2) is 25.2 Å². The second-order valence-corrected chi connectivity index (χ2v) is 12.6. The summed E-state index contributed by atoms with van der Waals surface area (Å²) in [5.41, 5.74) is 0. The summed E-state index contributed by atoms with van der Waals surface area (Å²) in [5, 5.41) is 119. The number of carbonyl (C=O) groups is 2. The van der Waals surface area contributed by atoms with Gasteiger partial charge in [0.1, 0.15) is 91.4 Å². The van der Waals surface area contributed by atoms with Crippen molar-refractivity contribution in [3.05, 3.63) is 0 Å². The van der Waals surface area contributed by atoms with E-state index < -0.39 is 154 Å².